The fourth-order valence-corrected chi connectivity index (χ4v) is 4.09. The second-order valence-corrected chi connectivity index (χ2v) is 8.92. The quantitative estimate of drug-likeness (QED) is 0.250. The molecule has 6 N–H and O–H groups in total. The number of aliphatic carboxylic acids is 1. The Balaban J connectivity index is 1.46. The molecule has 1 fully saturated rings. The number of aromatic hydroxyl groups is 1. The van der Waals surface area contributed by atoms with Gasteiger partial charge in [-0.25, -0.2) is 9.59 Å². The van der Waals surface area contributed by atoms with Crippen LogP contribution in [0.25, 0.3) is 0 Å². The highest BCUT2D eigenvalue weighted by molar-refractivity contribution is 5.89. The van der Waals surface area contributed by atoms with Gasteiger partial charge in [-0.15, -0.1) is 0 Å². The lowest BCUT2D eigenvalue weighted by atomic mass is 9.99. The van der Waals surface area contributed by atoms with Gasteiger partial charge < -0.3 is 49.6 Å². The van der Waals surface area contributed by atoms with Gasteiger partial charge in [-0.1, -0.05) is 18.2 Å². The number of benzene rings is 2. The number of phenolic OH excluding ortho intramolecular Hbond substituents is 1. The minimum atomic E-state index is -1.70. The van der Waals surface area contributed by atoms with Crippen LogP contribution in [0.15, 0.2) is 71.7 Å². The molecule has 1 saturated heterocycles. The standard InChI is InChI=1S/C27H28O12/c28-16-9-10-18(15(11-16)12-36-19-8-4-7-17(21(19)29)25(33)34)38-27-24(32)23(31)22(30)20(39-27)13-37-26(35)14-5-2-1-3-6-14/h1-3,5-6,8-11,20,22-24,27-32H,4,7,12-13H2,(H,33,34)/t20-,22+,23-,24+,27-/m0/s1. The van der Waals surface area contributed by atoms with Crippen molar-refractivity contribution in [1.29, 1.82) is 0 Å². The Morgan fingerprint density at radius 3 is 2.44 bits per heavy atom. The number of carbonyl (C=O) groups excluding carboxylic acids is 1. The Labute approximate surface area is 222 Å². The van der Waals surface area contributed by atoms with Gasteiger partial charge in [-0.2, -0.15) is 0 Å². The molecule has 1 heterocycles. The number of hydrogen-bond acceptors (Lipinski definition) is 11. The van der Waals surface area contributed by atoms with Crippen LogP contribution < -0.4 is 4.74 Å². The number of ether oxygens (including phenoxy) is 4. The normalized spacial score (nSPS) is 25.0. The van der Waals surface area contributed by atoms with Gasteiger partial charge in [-0.05, 0) is 49.2 Å². The first-order chi connectivity index (χ1) is 18.7. The van der Waals surface area contributed by atoms with Crippen LogP contribution in [0.1, 0.15) is 28.8 Å². The summed E-state index contributed by atoms with van der Waals surface area (Å²) in [6.45, 7) is -0.728. The average Bonchev–Trinajstić information content (AvgIpc) is 2.93. The minimum Gasteiger partial charge on any atom is -0.508 e. The number of carbonyl (C=O) groups is 2. The topological polar surface area (TPSA) is 192 Å². The Kier molecular flexibility index (Phi) is 8.72. The fraction of sp³-hybridized carbons (Fsp3) is 0.333. The van der Waals surface area contributed by atoms with E-state index in [2.05, 4.69) is 0 Å². The maximum Gasteiger partial charge on any atom is 0.338 e. The molecule has 0 aromatic heterocycles. The third-order valence-corrected chi connectivity index (χ3v) is 6.23. The summed E-state index contributed by atoms with van der Waals surface area (Å²) in [6, 6.07) is 12.0. The first-order valence-electron chi connectivity index (χ1n) is 12.0. The van der Waals surface area contributed by atoms with E-state index in [1.165, 1.54) is 24.3 Å². The highest BCUT2D eigenvalue weighted by Crippen LogP contribution is 2.31. The molecule has 1 aliphatic carbocycles. The lowest BCUT2D eigenvalue weighted by Gasteiger charge is -2.40. The molecule has 0 unspecified atom stereocenters. The number of rotatable bonds is 9. The van der Waals surface area contributed by atoms with E-state index in [4.69, 9.17) is 18.9 Å². The third kappa shape index (κ3) is 6.49. The van der Waals surface area contributed by atoms with Crippen molar-refractivity contribution in [3.63, 3.8) is 0 Å². The third-order valence-electron chi connectivity index (χ3n) is 6.23. The summed E-state index contributed by atoms with van der Waals surface area (Å²) in [5.74, 6) is -2.61. The number of phenols is 1. The molecule has 2 aliphatic rings. The summed E-state index contributed by atoms with van der Waals surface area (Å²) in [7, 11) is 0. The van der Waals surface area contributed by atoms with Gasteiger partial charge in [0.15, 0.2) is 11.5 Å². The predicted molar refractivity (Wildman–Crippen MR) is 132 cm³/mol. The Bertz CT molecular complexity index is 1250. The zero-order chi connectivity index (χ0) is 28.1. The van der Waals surface area contributed by atoms with Crippen LogP contribution in [0, 0.1) is 0 Å². The molecule has 5 atom stereocenters. The molecule has 0 spiro atoms. The monoisotopic (exact) mass is 544 g/mol. The van der Waals surface area contributed by atoms with Gasteiger partial charge in [0.2, 0.25) is 6.29 Å². The van der Waals surface area contributed by atoms with Crippen molar-refractivity contribution in [2.75, 3.05) is 6.61 Å². The van der Waals surface area contributed by atoms with Crippen LogP contribution in [-0.2, 0) is 25.6 Å². The maximum atomic E-state index is 12.3. The fourth-order valence-electron chi connectivity index (χ4n) is 4.09. The second-order valence-electron chi connectivity index (χ2n) is 8.92. The molecule has 208 valence electrons. The maximum absolute atomic E-state index is 12.3. The number of allylic oxidation sites excluding steroid dienone is 1. The summed E-state index contributed by atoms with van der Waals surface area (Å²) in [5.41, 5.74) is 0.314. The molecule has 2 aromatic carbocycles. The zero-order valence-corrected chi connectivity index (χ0v) is 20.5. The number of carboxylic acids is 1. The number of esters is 1. The lowest BCUT2D eigenvalue weighted by Crippen LogP contribution is -2.60. The van der Waals surface area contributed by atoms with Crippen LogP contribution in [0.2, 0.25) is 0 Å². The SMILES string of the molecule is O=C(O)C1=C(O)C(OCc2cc(O)ccc2O[C@H]2O[C@@H](COC(=O)c3ccccc3)[C@@H](O)[C@H](O)[C@H]2O)=CCC1. The molecule has 0 bridgehead atoms. The van der Waals surface area contributed by atoms with Gasteiger partial charge >= 0.3 is 11.9 Å². The molecule has 0 radical (unpaired) electrons. The highest BCUT2D eigenvalue weighted by Gasteiger charge is 2.45. The molecular weight excluding hydrogens is 516 g/mol. The Morgan fingerprint density at radius 1 is 0.974 bits per heavy atom. The van der Waals surface area contributed by atoms with E-state index >= 15 is 0 Å². The summed E-state index contributed by atoms with van der Waals surface area (Å²) >= 11 is 0. The van der Waals surface area contributed by atoms with Crippen LogP contribution in [0.5, 0.6) is 11.5 Å². The lowest BCUT2D eigenvalue weighted by molar-refractivity contribution is -0.277. The van der Waals surface area contributed by atoms with Crippen molar-refractivity contribution < 1.29 is 59.2 Å². The molecule has 12 heteroatoms. The van der Waals surface area contributed by atoms with E-state index in [-0.39, 0.29) is 47.0 Å². The van der Waals surface area contributed by atoms with E-state index in [9.17, 15) is 40.2 Å². The van der Waals surface area contributed by atoms with E-state index in [0.29, 0.717) is 6.42 Å². The molecule has 0 saturated carbocycles. The second kappa shape index (κ2) is 12.2. The smallest absolute Gasteiger partial charge is 0.338 e. The Hall–Kier alpha value is -4.10. The summed E-state index contributed by atoms with van der Waals surface area (Å²) in [6.07, 6.45) is -5.76. The van der Waals surface area contributed by atoms with Gasteiger partial charge in [-0.3, -0.25) is 0 Å². The van der Waals surface area contributed by atoms with Crippen molar-refractivity contribution >= 4 is 11.9 Å². The Morgan fingerprint density at radius 2 is 1.72 bits per heavy atom. The highest BCUT2D eigenvalue weighted by atomic mass is 16.7. The van der Waals surface area contributed by atoms with Crippen LogP contribution in [-0.4, -0.2) is 79.9 Å². The number of aliphatic hydroxyl groups excluding tert-OH is 4. The van der Waals surface area contributed by atoms with Crippen molar-refractivity contribution in [1.82, 2.24) is 0 Å². The predicted octanol–water partition coefficient (Wildman–Crippen LogP) is 1.53. The van der Waals surface area contributed by atoms with Crippen LogP contribution >= 0.6 is 0 Å². The summed E-state index contributed by atoms with van der Waals surface area (Å²) < 4.78 is 22.2. The summed E-state index contributed by atoms with van der Waals surface area (Å²) in [4.78, 5) is 23.6. The minimum absolute atomic E-state index is 0.0545. The first kappa shape index (κ1) is 27.9. The van der Waals surface area contributed by atoms with Crippen LogP contribution in [0.3, 0.4) is 0 Å². The number of carboxylic acid groups (broad SMARTS) is 1. The van der Waals surface area contributed by atoms with E-state index in [1.807, 2.05) is 0 Å². The summed E-state index contributed by atoms with van der Waals surface area (Å²) in [5, 5.41) is 60.7. The largest absolute Gasteiger partial charge is 0.508 e. The molecule has 12 nitrogen and oxygen atoms in total. The number of hydrogen-bond donors (Lipinski definition) is 6. The van der Waals surface area contributed by atoms with Crippen molar-refractivity contribution in [3.05, 3.63) is 82.8 Å². The van der Waals surface area contributed by atoms with Crippen LogP contribution in [0.4, 0.5) is 0 Å². The molecule has 1 aliphatic heterocycles. The molecule has 2 aromatic rings. The van der Waals surface area contributed by atoms with Gasteiger partial charge in [0.25, 0.3) is 0 Å². The van der Waals surface area contributed by atoms with E-state index in [1.54, 1.807) is 30.3 Å². The van der Waals surface area contributed by atoms with Gasteiger partial charge in [0.05, 0.1) is 11.1 Å². The van der Waals surface area contributed by atoms with Gasteiger partial charge in [0, 0.05) is 5.56 Å². The first-order valence-corrected chi connectivity index (χ1v) is 12.0. The van der Waals surface area contributed by atoms with Crippen molar-refractivity contribution in [2.45, 2.75) is 50.2 Å². The van der Waals surface area contributed by atoms with Crippen molar-refractivity contribution in [2.24, 2.45) is 0 Å². The van der Waals surface area contributed by atoms with Gasteiger partial charge in [0.1, 0.15) is 49.1 Å². The van der Waals surface area contributed by atoms with E-state index < -0.39 is 55.0 Å². The molecule has 0 amide bonds. The molecule has 4 rings (SSSR count). The molecular formula is C27H28O12. The average molecular weight is 545 g/mol. The number of aliphatic hydroxyl groups is 4. The zero-order valence-electron chi connectivity index (χ0n) is 20.5. The van der Waals surface area contributed by atoms with E-state index in [0.717, 1.165) is 0 Å². The van der Waals surface area contributed by atoms with Crippen molar-refractivity contribution in [3.8, 4) is 11.5 Å². The molecule has 39 heavy (non-hydrogen) atoms.